The molecule has 0 fully saturated rings. The van der Waals surface area contributed by atoms with Gasteiger partial charge in [-0.15, -0.1) is 0 Å². The highest BCUT2D eigenvalue weighted by Crippen LogP contribution is 2.25. The molecule has 20 heavy (non-hydrogen) atoms. The number of nitrogens with one attached hydrogen (secondary N) is 1. The van der Waals surface area contributed by atoms with Gasteiger partial charge in [-0.05, 0) is 25.5 Å². The Morgan fingerprint density at radius 1 is 1.40 bits per heavy atom. The van der Waals surface area contributed by atoms with Crippen LogP contribution in [0.3, 0.4) is 0 Å². The van der Waals surface area contributed by atoms with E-state index in [2.05, 4.69) is 9.97 Å². The lowest BCUT2D eigenvalue weighted by Crippen LogP contribution is -2.17. The summed E-state index contributed by atoms with van der Waals surface area (Å²) >= 11 is 0. The first-order chi connectivity index (χ1) is 9.69. The first kappa shape index (κ1) is 14.4. The van der Waals surface area contributed by atoms with E-state index in [1.54, 1.807) is 7.11 Å². The standard InChI is InChI=1S/C15H20N2O3/c1-4-6-11(15(18)20-5-2)14-16-12-8-7-10(19-3)9-13(12)17-14/h7-9,11H,4-6H2,1-3H3,(H,16,17). The van der Waals surface area contributed by atoms with Crippen LogP contribution in [0.15, 0.2) is 18.2 Å². The number of aromatic nitrogens is 2. The van der Waals surface area contributed by atoms with Crippen LogP contribution in [-0.4, -0.2) is 29.7 Å². The molecule has 5 nitrogen and oxygen atoms in total. The molecule has 0 aliphatic carbocycles. The van der Waals surface area contributed by atoms with Gasteiger partial charge in [-0.2, -0.15) is 0 Å². The summed E-state index contributed by atoms with van der Waals surface area (Å²) in [4.78, 5) is 19.7. The maximum atomic E-state index is 12.0. The van der Waals surface area contributed by atoms with E-state index < -0.39 is 0 Å². The van der Waals surface area contributed by atoms with Gasteiger partial charge in [-0.1, -0.05) is 13.3 Å². The number of methoxy groups -OCH3 is 1. The van der Waals surface area contributed by atoms with Crippen LogP contribution in [0.5, 0.6) is 5.75 Å². The highest BCUT2D eigenvalue weighted by molar-refractivity contribution is 5.81. The summed E-state index contributed by atoms with van der Waals surface area (Å²) in [5, 5.41) is 0. The van der Waals surface area contributed by atoms with Gasteiger partial charge in [0.1, 0.15) is 17.5 Å². The van der Waals surface area contributed by atoms with Crippen molar-refractivity contribution < 1.29 is 14.3 Å². The van der Waals surface area contributed by atoms with E-state index >= 15 is 0 Å². The monoisotopic (exact) mass is 276 g/mol. The summed E-state index contributed by atoms with van der Waals surface area (Å²) in [6, 6.07) is 5.61. The lowest BCUT2D eigenvalue weighted by atomic mass is 10.0. The lowest BCUT2D eigenvalue weighted by Gasteiger charge is -2.11. The van der Waals surface area contributed by atoms with Crippen molar-refractivity contribution >= 4 is 17.0 Å². The average molecular weight is 276 g/mol. The lowest BCUT2D eigenvalue weighted by molar-refractivity contribution is -0.145. The van der Waals surface area contributed by atoms with Crippen molar-refractivity contribution in [2.75, 3.05) is 13.7 Å². The number of H-pyrrole nitrogens is 1. The molecule has 5 heteroatoms. The molecular formula is C15H20N2O3. The minimum atomic E-state index is -0.335. The molecule has 1 N–H and O–H groups in total. The highest BCUT2D eigenvalue weighted by atomic mass is 16.5. The summed E-state index contributed by atoms with van der Waals surface area (Å²) in [7, 11) is 1.62. The second kappa shape index (κ2) is 6.41. The highest BCUT2D eigenvalue weighted by Gasteiger charge is 2.24. The molecule has 0 radical (unpaired) electrons. The Morgan fingerprint density at radius 2 is 2.20 bits per heavy atom. The molecule has 0 aliphatic rings. The van der Waals surface area contributed by atoms with Crippen LogP contribution in [0.4, 0.5) is 0 Å². The molecule has 0 aliphatic heterocycles. The van der Waals surface area contributed by atoms with Crippen LogP contribution in [-0.2, 0) is 9.53 Å². The first-order valence-corrected chi connectivity index (χ1v) is 6.89. The largest absolute Gasteiger partial charge is 0.497 e. The third-order valence-corrected chi connectivity index (χ3v) is 3.19. The second-order valence-corrected chi connectivity index (χ2v) is 4.60. The zero-order valence-corrected chi connectivity index (χ0v) is 12.1. The molecule has 0 saturated heterocycles. The number of hydrogen-bond acceptors (Lipinski definition) is 4. The maximum absolute atomic E-state index is 12.0. The molecule has 2 aromatic rings. The molecular weight excluding hydrogens is 256 g/mol. The van der Waals surface area contributed by atoms with Crippen molar-refractivity contribution in [3.05, 3.63) is 24.0 Å². The normalized spacial score (nSPS) is 12.3. The van der Waals surface area contributed by atoms with Gasteiger partial charge in [-0.3, -0.25) is 4.79 Å². The third-order valence-electron chi connectivity index (χ3n) is 3.19. The van der Waals surface area contributed by atoms with E-state index in [4.69, 9.17) is 9.47 Å². The van der Waals surface area contributed by atoms with Gasteiger partial charge in [0, 0.05) is 6.07 Å². The summed E-state index contributed by atoms with van der Waals surface area (Å²) in [6.45, 7) is 4.23. The molecule has 1 atom stereocenters. The van der Waals surface area contributed by atoms with Crippen LogP contribution in [0, 0.1) is 0 Å². The molecule has 1 heterocycles. The Morgan fingerprint density at radius 3 is 2.85 bits per heavy atom. The SMILES string of the molecule is CCCC(C(=O)OCC)c1nc2ccc(OC)cc2[nH]1. The molecule has 2 rings (SSSR count). The third kappa shape index (κ3) is 2.92. The van der Waals surface area contributed by atoms with E-state index in [1.807, 2.05) is 32.0 Å². The van der Waals surface area contributed by atoms with Crippen molar-refractivity contribution in [2.45, 2.75) is 32.6 Å². The van der Waals surface area contributed by atoms with Crippen LogP contribution in [0.25, 0.3) is 11.0 Å². The number of carbonyl (C=O) groups is 1. The molecule has 1 aromatic carbocycles. The van der Waals surface area contributed by atoms with Crippen molar-refractivity contribution in [1.82, 2.24) is 9.97 Å². The van der Waals surface area contributed by atoms with E-state index in [9.17, 15) is 4.79 Å². The van der Waals surface area contributed by atoms with Crippen molar-refractivity contribution in [1.29, 1.82) is 0 Å². The van der Waals surface area contributed by atoms with Gasteiger partial charge in [0.25, 0.3) is 0 Å². The van der Waals surface area contributed by atoms with Crippen molar-refractivity contribution in [3.8, 4) is 5.75 Å². The number of esters is 1. The number of imidazole rings is 1. The summed E-state index contributed by atoms with van der Waals surface area (Å²) in [6.07, 6.45) is 1.61. The number of nitrogens with zero attached hydrogens (tertiary/aromatic N) is 1. The summed E-state index contributed by atoms with van der Waals surface area (Å²) in [5.41, 5.74) is 1.69. The zero-order valence-electron chi connectivity index (χ0n) is 12.1. The van der Waals surface area contributed by atoms with Crippen molar-refractivity contribution in [3.63, 3.8) is 0 Å². The molecule has 0 spiro atoms. The number of rotatable bonds is 6. The average Bonchev–Trinajstić information content (AvgIpc) is 2.87. The van der Waals surface area contributed by atoms with Crippen LogP contribution >= 0.6 is 0 Å². The van der Waals surface area contributed by atoms with Crippen LogP contribution in [0.1, 0.15) is 38.4 Å². The predicted octanol–water partition coefficient (Wildman–Crippen LogP) is 3.02. The Kier molecular flexibility index (Phi) is 4.61. The number of aromatic amines is 1. The van der Waals surface area contributed by atoms with E-state index in [1.165, 1.54) is 0 Å². The van der Waals surface area contributed by atoms with Gasteiger partial charge in [0.2, 0.25) is 0 Å². The number of ether oxygens (including phenoxy) is 2. The molecule has 0 bridgehead atoms. The Hall–Kier alpha value is -2.04. The van der Waals surface area contributed by atoms with E-state index in [0.717, 1.165) is 29.6 Å². The predicted molar refractivity (Wildman–Crippen MR) is 76.9 cm³/mol. The quantitative estimate of drug-likeness (QED) is 0.824. The molecule has 1 unspecified atom stereocenters. The molecule has 1 aromatic heterocycles. The van der Waals surface area contributed by atoms with Crippen molar-refractivity contribution in [2.24, 2.45) is 0 Å². The number of carbonyl (C=O) groups excluding carboxylic acids is 1. The van der Waals surface area contributed by atoms with Gasteiger partial charge >= 0.3 is 5.97 Å². The zero-order chi connectivity index (χ0) is 14.5. The van der Waals surface area contributed by atoms with Gasteiger partial charge in [-0.25, -0.2) is 4.98 Å². The smallest absolute Gasteiger partial charge is 0.316 e. The maximum Gasteiger partial charge on any atom is 0.316 e. The second-order valence-electron chi connectivity index (χ2n) is 4.60. The van der Waals surface area contributed by atoms with Crippen LogP contribution in [0.2, 0.25) is 0 Å². The van der Waals surface area contributed by atoms with Gasteiger partial charge < -0.3 is 14.5 Å². The number of benzene rings is 1. The Balaban J connectivity index is 2.35. The first-order valence-electron chi connectivity index (χ1n) is 6.89. The fraction of sp³-hybridized carbons (Fsp3) is 0.467. The van der Waals surface area contributed by atoms with Gasteiger partial charge in [0.15, 0.2) is 0 Å². The minimum Gasteiger partial charge on any atom is -0.497 e. The fourth-order valence-corrected chi connectivity index (χ4v) is 2.20. The molecule has 0 saturated carbocycles. The topological polar surface area (TPSA) is 64.2 Å². The minimum absolute atomic E-state index is 0.222. The van der Waals surface area contributed by atoms with Gasteiger partial charge in [0.05, 0.1) is 24.8 Å². The Bertz CT molecular complexity index is 592. The Labute approximate surface area is 118 Å². The molecule has 108 valence electrons. The number of hydrogen-bond donors (Lipinski definition) is 1. The van der Waals surface area contributed by atoms with E-state index in [-0.39, 0.29) is 11.9 Å². The number of fused-ring (bicyclic) bond motifs is 1. The molecule has 0 amide bonds. The summed E-state index contributed by atoms with van der Waals surface area (Å²) < 4.78 is 10.3. The van der Waals surface area contributed by atoms with E-state index in [0.29, 0.717) is 12.4 Å². The van der Waals surface area contributed by atoms with Crippen LogP contribution < -0.4 is 4.74 Å². The summed E-state index contributed by atoms with van der Waals surface area (Å²) in [5.74, 6) is 0.864. The fourth-order valence-electron chi connectivity index (χ4n) is 2.20.